The zero-order valence-electron chi connectivity index (χ0n) is 18.4. The van der Waals surface area contributed by atoms with Crippen LogP contribution < -0.4 is 5.32 Å². The highest BCUT2D eigenvalue weighted by molar-refractivity contribution is 7.12. The molecule has 2 amide bonds. The van der Waals surface area contributed by atoms with Gasteiger partial charge in [0.15, 0.2) is 0 Å². The summed E-state index contributed by atoms with van der Waals surface area (Å²) >= 11 is 1.25. The number of carboxylic acids is 1. The summed E-state index contributed by atoms with van der Waals surface area (Å²) in [6.45, 7) is 5.33. The third-order valence-electron chi connectivity index (χ3n) is 5.90. The van der Waals surface area contributed by atoms with Gasteiger partial charge in [-0.2, -0.15) is 0 Å². The number of nitrogens with zero attached hydrogens (tertiary/aromatic N) is 2. The molecule has 8 heteroatoms. The first-order valence-corrected chi connectivity index (χ1v) is 12.0. The van der Waals surface area contributed by atoms with E-state index in [-0.39, 0.29) is 24.8 Å². The van der Waals surface area contributed by atoms with Crippen molar-refractivity contribution in [2.75, 3.05) is 19.6 Å². The number of nitrogens with one attached hydrogen (secondary N) is 1. The number of carbonyl (C=O) groups is 3. The number of aliphatic carboxylic acids is 1. The number of thiophene rings is 1. The van der Waals surface area contributed by atoms with Crippen LogP contribution in [0.15, 0.2) is 47.8 Å². The molecule has 0 spiro atoms. The van der Waals surface area contributed by atoms with E-state index >= 15 is 0 Å². The minimum atomic E-state index is -1.13. The van der Waals surface area contributed by atoms with Crippen LogP contribution in [0.3, 0.4) is 0 Å². The average molecular weight is 458 g/mol. The third-order valence-corrected chi connectivity index (χ3v) is 6.77. The lowest BCUT2D eigenvalue weighted by Crippen LogP contribution is -2.48. The Balaban J connectivity index is 1.48. The molecule has 32 heavy (non-hydrogen) atoms. The van der Waals surface area contributed by atoms with Crippen molar-refractivity contribution in [1.82, 2.24) is 15.1 Å². The number of likely N-dealkylation sites (tertiary alicyclic amines) is 1. The fraction of sp³-hybridized carbons (Fsp3) is 0.458. The molecular weight excluding hydrogens is 426 g/mol. The van der Waals surface area contributed by atoms with Gasteiger partial charge in [-0.15, -0.1) is 11.3 Å². The summed E-state index contributed by atoms with van der Waals surface area (Å²) < 4.78 is 0. The number of hydrogen-bond acceptors (Lipinski definition) is 5. The van der Waals surface area contributed by atoms with Crippen LogP contribution in [0.5, 0.6) is 0 Å². The van der Waals surface area contributed by atoms with Gasteiger partial charge in [-0.05, 0) is 43.2 Å². The molecule has 1 aromatic heterocycles. The van der Waals surface area contributed by atoms with Crippen molar-refractivity contribution in [2.24, 2.45) is 0 Å². The first-order chi connectivity index (χ1) is 15.5. The maximum Gasteiger partial charge on any atom is 0.326 e. The zero-order chi connectivity index (χ0) is 22.9. The van der Waals surface area contributed by atoms with Gasteiger partial charge in [0.25, 0.3) is 5.91 Å². The molecular formula is C24H31N3O4S. The second kappa shape index (κ2) is 11.8. The Labute approximate surface area is 193 Å². The van der Waals surface area contributed by atoms with Gasteiger partial charge in [0.2, 0.25) is 5.91 Å². The van der Waals surface area contributed by atoms with Crippen molar-refractivity contribution in [3.63, 3.8) is 0 Å². The largest absolute Gasteiger partial charge is 0.480 e. The molecule has 2 aromatic rings. The summed E-state index contributed by atoms with van der Waals surface area (Å²) in [6.07, 6.45) is 1.99. The lowest BCUT2D eigenvalue weighted by atomic mass is 10.0. The summed E-state index contributed by atoms with van der Waals surface area (Å²) in [5.41, 5.74) is 1.29. The average Bonchev–Trinajstić information content (AvgIpc) is 3.34. The molecule has 1 saturated heterocycles. The van der Waals surface area contributed by atoms with E-state index in [0.717, 1.165) is 32.5 Å². The maximum absolute atomic E-state index is 12.9. The Kier molecular flexibility index (Phi) is 8.81. The summed E-state index contributed by atoms with van der Waals surface area (Å²) in [6, 6.07) is 12.8. The van der Waals surface area contributed by atoms with Crippen molar-refractivity contribution in [3.8, 4) is 0 Å². The molecule has 1 unspecified atom stereocenters. The van der Waals surface area contributed by atoms with E-state index in [2.05, 4.69) is 22.3 Å². The number of benzene rings is 1. The van der Waals surface area contributed by atoms with E-state index in [1.807, 2.05) is 30.0 Å². The van der Waals surface area contributed by atoms with Crippen molar-refractivity contribution < 1.29 is 19.5 Å². The molecule has 7 nitrogen and oxygen atoms in total. The number of hydrogen-bond donors (Lipinski definition) is 2. The minimum Gasteiger partial charge on any atom is -0.480 e. The van der Waals surface area contributed by atoms with E-state index in [4.69, 9.17) is 0 Å². The fourth-order valence-electron chi connectivity index (χ4n) is 4.17. The second-order valence-corrected chi connectivity index (χ2v) is 9.00. The lowest BCUT2D eigenvalue weighted by Gasteiger charge is -2.38. The maximum atomic E-state index is 12.9. The minimum absolute atomic E-state index is 0.0503. The Hall–Kier alpha value is -2.71. The number of carbonyl (C=O) groups excluding carboxylic acids is 2. The Morgan fingerprint density at radius 3 is 2.47 bits per heavy atom. The monoisotopic (exact) mass is 457 g/mol. The smallest absolute Gasteiger partial charge is 0.326 e. The van der Waals surface area contributed by atoms with Crippen LogP contribution in [0.25, 0.3) is 0 Å². The molecule has 2 heterocycles. The van der Waals surface area contributed by atoms with Crippen LogP contribution in [-0.2, 0) is 16.1 Å². The number of carboxylic acid groups (broad SMARTS) is 1. The van der Waals surface area contributed by atoms with Gasteiger partial charge >= 0.3 is 5.97 Å². The molecule has 172 valence electrons. The highest BCUT2D eigenvalue weighted by atomic mass is 32.1. The Morgan fingerprint density at radius 1 is 1.16 bits per heavy atom. The van der Waals surface area contributed by atoms with Gasteiger partial charge < -0.3 is 15.3 Å². The van der Waals surface area contributed by atoms with Crippen molar-refractivity contribution >= 4 is 29.1 Å². The lowest BCUT2D eigenvalue weighted by molar-refractivity contribution is -0.140. The van der Waals surface area contributed by atoms with E-state index in [0.29, 0.717) is 11.4 Å². The molecule has 0 saturated carbocycles. The fourth-order valence-corrected chi connectivity index (χ4v) is 4.80. The van der Waals surface area contributed by atoms with E-state index in [1.54, 1.807) is 17.5 Å². The molecule has 0 radical (unpaired) electrons. The SMILES string of the molecule is CCN(C(=O)CCC(NC(=O)c1cccs1)C(=O)O)C1CCN(Cc2ccccc2)CC1. The number of rotatable bonds is 10. The molecule has 1 aromatic carbocycles. The van der Waals surface area contributed by atoms with Gasteiger partial charge in [0.1, 0.15) is 6.04 Å². The molecule has 1 aliphatic rings. The molecule has 1 aliphatic heterocycles. The van der Waals surface area contributed by atoms with Gasteiger partial charge in [-0.1, -0.05) is 36.4 Å². The van der Waals surface area contributed by atoms with Crippen LogP contribution in [0.1, 0.15) is 47.8 Å². The number of piperidine rings is 1. The molecule has 1 atom stereocenters. The normalized spacial score (nSPS) is 15.8. The van der Waals surface area contributed by atoms with Crippen molar-refractivity contribution in [1.29, 1.82) is 0 Å². The molecule has 2 N–H and O–H groups in total. The standard InChI is InChI=1S/C24H31N3O4S/c1-2-27(19-12-14-26(15-13-19)17-18-7-4-3-5-8-18)22(28)11-10-20(24(30)31)25-23(29)21-9-6-16-32-21/h3-9,16,19-20H,2,10-15,17H2,1H3,(H,25,29)(H,30,31). The molecule has 0 bridgehead atoms. The second-order valence-electron chi connectivity index (χ2n) is 8.05. The van der Waals surface area contributed by atoms with Crippen LogP contribution in [0.2, 0.25) is 0 Å². The van der Waals surface area contributed by atoms with Gasteiger partial charge in [-0.25, -0.2) is 4.79 Å². The topological polar surface area (TPSA) is 90.0 Å². The Morgan fingerprint density at radius 2 is 1.88 bits per heavy atom. The van der Waals surface area contributed by atoms with E-state index < -0.39 is 17.9 Å². The van der Waals surface area contributed by atoms with Crippen molar-refractivity contribution in [3.05, 3.63) is 58.3 Å². The van der Waals surface area contributed by atoms with Crippen LogP contribution in [0, 0.1) is 0 Å². The number of amides is 2. The summed E-state index contributed by atoms with van der Waals surface area (Å²) in [5, 5.41) is 13.8. The summed E-state index contributed by atoms with van der Waals surface area (Å²) in [5.74, 6) is -1.59. The molecule has 3 rings (SSSR count). The van der Waals surface area contributed by atoms with Crippen LogP contribution >= 0.6 is 11.3 Å². The van der Waals surface area contributed by atoms with Crippen molar-refractivity contribution in [2.45, 2.75) is 51.2 Å². The van der Waals surface area contributed by atoms with Gasteiger partial charge in [0, 0.05) is 38.6 Å². The third kappa shape index (κ3) is 6.64. The zero-order valence-corrected chi connectivity index (χ0v) is 19.2. The first kappa shape index (κ1) is 23.9. The van der Waals surface area contributed by atoms with Gasteiger partial charge in [0.05, 0.1) is 4.88 Å². The van der Waals surface area contributed by atoms with E-state index in [1.165, 1.54) is 16.9 Å². The van der Waals surface area contributed by atoms with Crippen LogP contribution in [-0.4, -0.2) is 64.4 Å². The predicted octanol–water partition coefficient (Wildman–Crippen LogP) is 3.22. The highest BCUT2D eigenvalue weighted by Crippen LogP contribution is 2.20. The molecule has 0 aliphatic carbocycles. The summed E-state index contributed by atoms with van der Waals surface area (Å²) in [7, 11) is 0. The quantitative estimate of drug-likeness (QED) is 0.572. The van der Waals surface area contributed by atoms with Gasteiger partial charge in [-0.3, -0.25) is 14.5 Å². The van der Waals surface area contributed by atoms with E-state index in [9.17, 15) is 19.5 Å². The first-order valence-electron chi connectivity index (χ1n) is 11.1. The highest BCUT2D eigenvalue weighted by Gasteiger charge is 2.28. The summed E-state index contributed by atoms with van der Waals surface area (Å²) in [4.78, 5) is 41.4. The molecule has 1 fully saturated rings. The Bertz CT molecular complexity index is 880. The predicted molar refractivity (Wildman–Crippen MR) is 125 cm³/mol. The van der Waals surface area contributed by atoms with Crippen LogP contribution in [0.4, 0.5) is 0 Å².